The number of hydrogen-bond acceptors (Lipinski definition) is 6. The SMILES string of the molecule is CCn1nnc2cc(C(=O)OCC(=O)NC(=O)NC3CC3)ccc21. The van der Waals surface area contributed by atoms with Gasteiger partial charge in [-0.3, -0.25) is 10.1 Å². The van der Waals surface area contributed by atoms with Gasteiger partial charge in [0.25, 0.3) is 5.91 Å². The molecule has 0 radical (unpaired) electrons. The van der Waals surface area contributed by atoms with Gasteiger partial charge in [-0.05, 0) is 38.0 Å². The van der Waals surface area contributed by atoms with Gasteiger partial charge in [0, 0.05) is 12.6 Å². The van der Waals surface area contributed by atoms with Crippen LogP contribution in [0.2, 0.25) is 0 Å². The molecule has 1 fully saturated rings. The smallest absolute Gasteiger partial charge is 0.338 e. The minimum atomic E-state index is -0.681. The minimum absolute atomic E-state index is 0.142. The van der Waals surface area contributed by atoms with E-state index < -0.39 is 24.5 Å². The molecule has 0 spiro atoms. The molecule has 1 aliphatic rings. The van der Waals surface area contributed by atoms with E-state index in [-0.39, 0.29) is 11.6 Å². The van der Waals surface area contributed by atoms with E-state index in [2.05, 4.69) is 20.9 Å². The first-order chi connectivity index (χ1) is 11.6. The molecule has 9 nitrogen and oxygen atoms in total. The second-order valence-corrected chi connectivity index (χ2v) is 5.48. The third kappa shape index (κ3) is 3.67. The fraction of sp³-hybridized carbons (Fsp3) is 0.400. The molecule has 1 aromatic carbocycles. The normalized spacial score (nSPS) is 13.5. The summed E-state index contributed by atoms with van der Waals surface area (Å²) < 4.78 is 6.61. The fourth-order valence-electron chi connectivity index (χ4n) is 2.16. The summed E-state index contributed by atoms with van der Waals surface area (Å²) in [5.41, 5.74) is 1.64. The van der Waals surface area contributed by atoms with Crippen molar-refractivity contribution in [1.82, 2.24) is 25.6 Å². The molecule has 126 valence electrons. The van der Waals surface area contributed by atoms with Crippen molar-refractivity contribution in [3.8, 4) is 0 Å². The number of carbonyl (C=O) groups is 3. The van der Waals surface area contributed by atoms with E-state index in [0.717, 1.165) is 18.4 Å². The molecule has 1 heterocycles. The molecule has 0 aliphatic heterocycles. The van der Waals surface area contributed by atoms with E-state index in [0.29, 0.717) is 12.1 Å². The number of rotatable bonds is 5. The van der Waals surface area contributed by atoms with Crippen molar-refractivity contribution in [3.05, 3.63) is 23.8 Å². The van der Waals surface area contributed by atoms with Gasteiger partial charge in [-0.25, -0.2) is 14.3 Å². The number of fused-ring (bicyclic) bond motifs is 1. The molecular weight excluding hydrogens is 314 g/mol. The Bertz CT molecular complexity index is 796. The maximum atomic E-state index is 12.0. The summed E-state index contributed by atoms with van der Waals surface area (Å²) in [5, 5.41) is 12.6. The lowest BCUT2D eigenvalue weighted by Crippen LogP contribution is -2.42. The molecular formula is C15H17N5O4. The van der Waals surface area contributed by atoms with Crippen molar-refractivity contribution < 1.29 is 19.1 Å². The summed E-state index contributed by atoms with van der Waals surface area (Å²) in [7, 11) is 0. The number of urea groups is 1. The molecule has 0 atom stereocenters. The average molecular weight is 331 g/mol. The third-order valence-corrected chi connectivity index (χ3v) is 3.55. The largest absolute Gasteiger partial charge is 0.452 e. The highest BCUT2D eigenvalue weighted by atomic mass is 16.5. The van der Waals surface area contributed by atoms with E-state index in [1.165, 1.54) is 0 Å². The number of nitrogens with zero attached hydrogens (tertiary/aromatic N) is 3. The Morgan fingerprint density at radius 3 is 2.83 bits per heavy atom. The first-order valence-electron chi connectivity index (χ1n) is 7.67. The quantitative estimate of drug-likeness (QED) is 0.775. The molecule has 2 N–H and O–H groups in total. The van der Waals surface area contributed by atoms with Crippen molar-refractivity contribution in [2.45, 2.75) is 32.4 Å². The number of hydrogen-bond donors (Lipinski definition) is 2. The molecule has 3 rings (SSSR count). The van der Waals surface area contributed by atoms with Gasteiger partial charge >= 0.3 is 12.0 Å². The maximum absolute atomic E-state index is 12.0. The van der Waals surface area contributed by atoms with Crippen LogP contribution in [0.5, 0.6) is 0 Å². The zero-order valence-corrected chi connectivity index (χ0v) is 13.1. The Kier molecular flexibility index (Phi) is 4.41. The Morgan fingerprint density at radius 1 is 1.33 bits per heavy atom. The van der Waals surface area contributed by atoms with Gasteiger partial charge in [0.2, 0.25) is 0 Å². The van der Waals surface area contributed by atoms with Gasteiger partial charge in [0.05, 0.1) is 11.1 Å². The average Bonchev–Trinajstić information content (AvgIpc) is 3.28. The van der Waals surface area contributed by atoms with Crippen LogP contribution < -0.4 is 10.6 Å². The van der Waals surface area contributed by atoms with Crippen LogP contribution in [-0.4, -0.2) is 45.6 Å². The number of ether oxygens (including phenoxy) is 1. The molecule has 0 bridgehead atoms. The monoisotopic (exact) mass is 331 g/mol. The number of nitrogens with one attached hydrogen (secondary N) is 2. The topological polar surface area (TPSA) is 115 Å². The third-order valence-electron chi connectivity index (χ3n) is 3.55. The summed E-state index contributed by atoms with van der Waals surface area (Å²) in [6.45, 7) is 2.08. The highest BCUT2D eigenvalue weighted by Crippen LogP contribution is 2.18. The molecule has 0 saturated heterocycles. The second-order valence-electron chi connectivity index (χ2n) is 5.48. The van der Waals surface area contributed by atoms with Crippen LogP contribution in [0.1, 0.15) is 30.1 Å². The van der Waals surface area contributed by atoms with Gasteiger partial charge in [0.1, 0.15) is 5.52 Å². The number of imide groups is 1. The number of benzene rings is 1. The van der Waals surface area contributed by atoms with E-state index in [4.69, 9.17) is 4.74 Å². The first kappa shape index (κ1) is 15.9. The Morgan fingerprint density at radius 2 is 2.12 bits per heavy atom. The number of amides is 3. The van der Waals surface area contributed by atoms with Crippen LogP contribution in [-0.2, 0) is 16.1 Å². The Labute approximate surface area is 137 Å². The Balaban J connectivity index is 1.54. The van der Waals surface area contributed by atoms with Gasteiger partial charge in [-0.1, -0.05) is 5.21 Å². The lowest BCUT2D eigenvalue weighted by Gasteiger charge is -2.06. The molecule has 9 heteroatoms. The van der Waals surface area contributed by atoms with Gasteiger partial charge < -0.3 is 10.1 Å². The maximum Gasteiger partial charge on any atom is 0.338 e. The molecule has 1 aliphatic carbocycles. The summed E-state index contributed by atoms with van der Waals surface area (Å²) in [5.74, 6) is -1.35. The standard InChI is InChI=1S/C15H17N5O4/c1-2-20-12-6-3-9(7-11(12)18-19-20)14(22)24-8-13(21)17-15(23)16-10-4-5-10/h3,6-7,10H,2,4-5,8H2,1H3,(H2,16,17,21,23). The highest BCUT2D eigenvalue weighted by Gasteiger charge is 2.24. The summed E-state index contributed by atoms with van der Waals surface area (Å²) in [6, 6.07) is 4.42. The zero-order chi connectivity index (χ0) is 17.1. The van der Waals surface area contributed by atoms with Crippen LogP contribution in [0, 0.1) is 0 Å². The number of aryl methyl sites for hydroxylation is 1. The first-order valence-corrected chi connectivity index (χ1v) is 7.67. The highest BCUT2D eigenvalue weighted by molar-refractivity contribution is 5.98. The van der Waals surface area contributed by atoms with Gasteiger partial charge in [-0.2, -0.15) is 0 Å². The van der Waals surface area contributed by atoms with Gasteiger partial charge in [-0.15, -0.1) is 5.10 Å². The van der Waals surface area contributed by atoms with E-state index in [1.807, 2.05) is 6.92 Å². The molecule has 1 aromatic heterocycles. The van der Waals surface area contributed by atoms with Crippen molar-refractivity contribution in [3.63, 3.8) is 0 Å². The summed E-state index contributed by atoms with van der Waals surface area (Å²) in [4.78, 5) is 35.0. The predicted octanol–water partition coefficient (Wildman–Crippen LogP) is 0.596. The molecule has 3 amide bonds. The second kappa shape index (κ2) is 6.65. The summed E-state index contributed by atoms with van der Waals surface area (Å²) >= 11 is 0. The van der Waals surface area contributed by atoms with E-state index in [9.17, 15) is 14.4 Å². The van der Waals surface area contributed by atoms with Crippen molar-refractivity contribution in [2.75, 3.05) is 6.61 Å². The van der Waals surface area contributed by atoms with Gasteiger partial charge in [0.15, 0.2) is 6.61 Å². The molecule has 0 unspecified atom stereocenters. The van der Waals surface area contributed by atoms with E-state index >= 15 is 0 Å². The lowest BCUT2D eigenvalue weighted by atomic mass is 10.2. The van der Waals surface area contributed by atoms with Crippen LogP contribution in [0.15, 0.2) is 18.2 Å². The predicted molar refractivity (Wildman–Crippen MR) is 83.2 cm³/mol. The van der Waals surface area contributed by atoms with Crippen molar-refractivity contribution >= 4 is 28.9 Å². The van der Waals surface area contributed by atoms with E-state index in [1.54, 1.807) is 22.9 Å². The Hall–Kier alpha value is -2.97. The van der Waals surface area contributed by atoms with Crippen molar-refractivity contribution in [2.24, 2.45) is 0 Å². The molecule has 1 saturated carbocycles. The van der Waals surface area contributed by atoms with Crippen molar-refractivity contribution in [1.29, 1.82) is 0 Å². The van der Waals surface area contributed by atoms with Crippen LogP contribution >= 0.6 is 0 Å². The number of esters is 1. The molecule has 24 heavy (non-hydrogen) atoms. The number of aromatic nitrogens is 3. The summed E-state index contributed by atoms with van der Waals surface area (Å²) in [6.07, 6.45) is 1.84. The lowest BCUT2D eigenvalue weighted by molar-refractivity contribution is -0.123. The fourth-order valence-corrected chi connectivity index (χ4v) is 2.16. The zero-order valence-electron chi connectivity index (χ0n) is 13.1. The van der Waals surface area contributed by atoms with Crippen LogP contribution in [0.25, 0.3) is 11.0 Å². The number of carbonyl (C=O) groups excluding carboxylic acids is 3. The minimum Gasteiger partial charge on any atom is -0.452 e. The molecule has 2 aromatic rings. The van der Waals surface area contributed by atoms with Crippen LogP contribution in [0.4, 0.5) is 4.79 Å². The van der Waals surface area contributed by atoms with Crippen LogP contribution in [0.3, 0.4) is 0 Å².